The zero-order valence-electron chi connectivity index (χ0n) is 11.9. The zero-order chi connectivity index (χ0) is 13.5. The van der Waals surface area contributed by atoms with Gasteiger partial charge < -0.3 is 10.1 Å². The van der Waals surface area contributed by atoms with Gasteiger partial charge in [0.2, 0.25) is 0 Å². The Labute approximate surface area is 116 Å². The SMILES string of the molecule is C=CCc1ccccc1OC(C)CNC1CCCC1. The van der Waals surface area contributed by atoms with Gasteiger partial charge in [-0.25, -0.2) is 0 Å². The molecule has 0 heterocycles. The van der Waals surface area contributed by atoms with Crippen LogP contribution in [0, 0.1) is 0 Å². The monoisotopic (exact) mass is 259 g/mol. The summed E-state index contributed by atoms with van der Waals surface area (Å²) in [6.07, 6.45) is 8.36. The van der Waals surface area contributed by atoms with Gasteiger partial charge in [-0.1, -0.05) is 37.1 Å². The van der Waals surface area contributed by atoms with Gasteiger partial charge in [0.25, 0.3) is 0 Å². The zero-order valence-corrected chi connectivity index (χ0v) is 11.9. The van der Waals surface area contributed by atoms with Crippen molar-refractivity contribution in [1.82, 2.24) is 5.32 Å². The van der Waals surface area contributed by atoms with Crippen LogP contribution in [-0.2, 0) is 6.42 Å². The van der Waals surface area contributed by atoms with Crippen molar-refractivity contribution in [3.63, 3.8) is 0 Å². The van der Waals surface area contributed by atoms with Crippen LogP contribution < -0.4 is 10.1 Å². The molecule has 2 rings (SSSR count). The summed E-state index contributed by atoms with van der Waals surface area (Å²) >= 11 is 0. The molecule has 1 saturated carbocycles. The molecule has 0 radical (unpaired) electrons. The lowest BCUT2D eigenvalue weighted by molar-refractivity contribution is 0.210. The van der Waals surface area contributed by atoms with Crippen molar-refractivity contribution in [3.05, 3.63) is 42.5 Å². The van der Waals surface area contributed by atoms with Gasteiger partial charge in [-0.3, -0.25) is 0 Å². The molecule has 0 saturated heterocycles. The third-order valence-electron chi connectivity index (χ3n) is 3.71. The Hall–Kier alpha value is -1.28. The maximum absolute atomic E-state index is 6.05. The molecular weight excluding hydrogens is 234 g/mol. The van der Waals surface area contributed by atoms with E-state index in [1.165, 1.54) is 31.2 Å². The Bertz CT molecular complexity index is 396. The Balaban J connectivity index is 1.83. The number of benzene rings is 1. The van der Waals surface area contributed by atoms with Crippen LogP contribution in [0.1, 0.15) is 38.2 Å². The molecule has 2 nitrogen and oxygen atoms in total. The Morgan fingerprint density at radius 2 is 2.11 bits per heavy atom. The first kappa shape index (κ1) is 14.1. The fourth-order valence-corrected chi connectivity index (χ4v) is 2.66. The van der Waals surface area contributed by atoms with E-state index in [0.717, 1.165) is 18.7 Å². The summed E-state index contributed by atoms with van der Waals surface area (Å²) in [4.78, 5) is 0. The number of para-hydroxylation sites is 1. The minimum Gasteiger partial charge on any atom is -0.489 e. The highest BCUT2D eigenvalue weighted by Gasteiger charge is 2.15. The third kappa shape index (κ3) is 4.39. The van der Waals surface area contributed by atoms with Gasteiger partial charge in [-0.15, -0.1) is 6.58 Å². The molecule has 19 heavy (non-hydrogen) atoms. The van der Waals surface area contributed by atoms with Crippen molar-refractivity contribution in [2.45, 2.75) is 51.2 Å². The molecule has 1 N–H and O–H groups in total. The summed E-state index contributed by atoms with van der Waals surface area (Å²) in [6, 6.07) is 8.93. The van der Waals surface area contributed by atoms with E-state index < -0.39 is 0 Å². The van der Waals surface area contributed by atoms with E-state index in [4.69, 9.17) is 4.74 Å². The van der Waals surface area contributed by atoms with Crippen LogP contribution >= 0.6 is 0 Å². The fraction of sp³-hybridized carbons (Fsp3) is 0.529. The first-order valence-electron chi connectivity index (χ1n) is 7.38. The summed E-state index contributed by atoms with van der Waals surface area (Å²) < 4.78 is 6.05. The second-order valence-corrected chi connectivity index (χ2v) is 5.42. The Morgan fingerprint density at radius 1 is 1.37 bits per heavy atom. The first-order valence-corrected chi connectivity index (χ1v) is 7.38. The highest BCUT2D eigenvalue weighted by Crippen LogP contribution is 2.21. The van der Waals surface area contributed by atoms with Crippen molar-refractivity contribution < 1.29 is 4.74 Å². The predicted molar refractivity (Wildman–Crippen MR) is 80.7 cm³/mol. The quantitative estimate of drug-likeness (QED) is 0.754. The smallest absolute Gasteiger partial charge is 0.123 e. The van der Waals surface area contributed by atoms with Crippen LogP contribution in [0.15, 0.2) is 36.9 Å². The van der Waals surface area contributed by atoms with E-state index in [2.05, 4.69) is 24.9 Å². The number of hydrogen-bond donors (Lipinski definition) is 1. The summed E-state index contributed by atoms with van der Waals surface area (Å²) in [7, 11) is 0. The summed E-state index contributed by atoms with van der Waals surface area (Å²) in [5.74, 6) is 0.989. The van der Waals surface area contributed by atoms with E-state index >= 15 is 0 Å². The third-order valence-corrected chi connectivity index (χ3v) is 3.71. The molecular formula is C17H25NO. The number of hydrogen-bond acceptors (Lipinski definition) is 2. The standard InChI is InChI=1S/C17H25NO/c1-3-8-15-9-4-7-12-17(15)19-14(2)13-18-16-10-5-6-11-16/h3-4,7,9,12,14,16,18H,1,5-6,8,10-11,13H2,2H3. The molecule has 1 atom stereocenters. The molecule has 0 aromatic heterocycles. The number of allylic oxidation sites excluding steroid dienone is 1. The lowest BCUT2D eigenvalue weighted by Crippen LogP contribution is -2.35. The van der Waals surface area contributed by atoms with Gasteiger partial charge in [-0.2, -0.15) is 0 Å². The molecule has 1 aliphatic rings. The average molecular weight is 259 g/mol. The lowest BCUT2D eigenvalue weighted by Gasteiger charge is -2.20. The van der Waals surface area contributed by atoms with Crippen molar-refractivity contribution >= 4 is 0 Å². The van der Waals surface area contributed by atoms with Crippen LogP contribution in [0.3, 0.4) is 0 Å². The van der Waals surface area contributed by atoms with E-state index in [1.807, 2.05) is 24.3 Å². The van der Waals surface area contributed by atoms with E-state index in [1.54, 1.807) is 0 Å². The van der Waals surface area contributed by atoms with Crippen molar-refractivity contribution in [1.29, 1.82) is 0 Å². The Morgan fingerprint density at radius 3 is 2.84 bits per heavy atom. The number of ether oxygens (including phenoxy) is 1. The van der Waals surface area contributed by atoms with Crippen LogP contribution in [0.25, 0.3) is 0 Å². The van der Waals surface area contributed by atoms with E-state index in [-0.39, 0.29) is 6.10 Å². The topological polar surface area (TPSA) is 21.3 Å². The normalized spacial score (nSPS) is 17.3. The van der Waals surface area contributed by atoms with E-state index in [0.29, 0.717) is 6.04 Å². The van der Waals surface area contributed by atoms with Crippen LogP contribution in [0.2, 0.25) is 0 Å². The van der Waals surface area contributed by atoms with Crippen LogP contribution in [0.5, 0.6) is 5.75 Å². The Kier molecular flexibility index (Phi) is 5.46. The largest absolute Gasteiger partial charge is 0.489 e. The van der Waals surface area contributed by atoms with Gasteiger partial charge in [-0.05, 0) is 37.8 Å². The highest BCUT2D eigenvalue weighted by atomic mass is 16.5. The highest BCUT2D eigenvalue weighted by molar-refractivity contribution is 5.34. The first-order chi connectivity index (χ1) is 9.29. The molecule has 1 aromatic carbocycles. The molecule has 104 valence electrons. The summed E-state index contributed by atoms with van der Waals surface area (Å²) in [5.41, 5.74) is 1.21. The average Bonchev–Trinajstić information content (AvgIpc) is 2.92. The molecule has 0 amide bonds. The van der Waals surface area contributed by atoms with Crippen LogP contribution in [-0.4, -0.2) is 18.7 Å². The van der Waals surface area contributed by atoms with Gasteiger partial charge in [0.05, 0.1) is 0 Å². The molecule has 2 heteroatoms. The maximum Gasteiger partial charge on any atom is 0.123 e. The van der Waals surface area contributed by atoms with Gasteiger partial charge in [0.15, 0.2) is 0 Å². The maximum atomic E-state index is 6.05. The van der Waals surface area contributed by atoms with Crippen molar-refractivity contribution in [2.75, 3.05) is 6.54 Å². The molecule has 1 fully saturated rings. The minimum absolute atomic E-state index is 0.201. The molecule has 1 aliphatic carbocycles. The fourth-order valence-electron chi connectivity index (χ4n) is 2.66. The molecule has 0 aliphatic heterocycles. The van der Waals surface area contributed by atoms with Gasteiger partial charge in [0, 0.05) is 12.6 Å². The predicted octanol–water partition coefficient (Wildman–Crippen LogP) is 3.71. The number of rotatable bonds is 7. The molecule has 0 bridgehead atoms. The minimum atomic E-state index is 0.201. The van der Waals surface area contributed by atoms with Crippen molar-refractivity contribution in [3.8, 4) is 5.75 Å². The molecule has 0 spiro atoms. The van der Waals surface area contributed by atoms with E-state index in [9.17, 15) is 0 Å². The lowest BCUT2D eigenvalue weighted by atomic mass is 10.1. The van der Waals surface area contributed by atoms with Gasteiger partial charge >= 0.3 is 0 Å². The summed E-state index contributed by atoms with van der Waals surface area (Å²) in [6.45, 7) is 6.85. The van der Waals surface area contributed by atoms with Gasteiger partial charge in [0.1, 0.15) is 11.9 Å². The second kappa shape index (κ2) is 7.34. The molecule has 1 unspecified atom stereocenters. The second-order valence-electron chi connectivity index (χ2n) is 5.42. The van der Waals surface area contributed by atoms with Crippen LogP contribution in [0.4, 0.5) is 0 Å². The summed E-state index contributed by atoms with van der Waals surface area (Å²) in [5, 5.41) is 3.61. The van der Waals surface area contributed by atoms with Crippen molar-refractivity contribution in [2.24, 2.45) is 0 Å². The molecule has 1 aromatic rings. The number of nitrogens with one attached hydrogen (secondary N) is 1.